The van der Waals surface area contributed by atoms with Crippen molar-refractivity contribution < 1.29 is 18.1 Å². The van der Waals surface area contributed by atoms with Crippen LogP contribution in [0.15, 0.2) is 220 Å². The van der Waals surface area contributed by atoms with Gasteiger partial charge < -0.3 is 38.0 Å². The highest BCUT2D eigenvalue weighted by Gasteiger charge is 2.58. The topological polar surface area (TPSA) is 211 Å². The molecular weight excluding hydrogens is 801 g/mol. The van der Waals surface area contributed by atoms with Crippen molar-refractivity contribution in [2.75, 3.05) is 5.06 Å². The van der Waals surface area contributed by atoms with Gasteiger partial charge >= 0.3 is 0 Å². The van der Waals surface area contributed by atoms with E-state index in [0.717, 1.165) is 21.8 Å². The van der Waals surface area contributed by atoms with Crippen LogP contribution in [0.25, 0.3) is 11.3 Å². The summed E-state index contributed by atoms with van der Waals surface area (Å²) in [4.78, 5) is 31.7. The molecule has 18 heteroatoms. The molecule has 0 amide bonds. The van der Waals surface area contributed by atoms with Gasteiger partial charge in [0, 0.05) is 68.0 Å². The van der Waals surface area contributed by atoms with Crippen molar-refractivity contribution in [1.82, 2.24) is 55.3 Å². The number of aromatic nitrogens is 11. The van der Waals surface area contributed by atoms with Gasteiger partial charge in [-0.3, -0.25) is 10.2 Å². The Morgan fingerprint density at radius 1 is 0.617 bits per heavy atom. The zero-order valence-electron chi connectivity index (χ0n) is 31.8. The van der Waals surface area contributed by atoms with E-state index in [1.807, 2.05) is 120 Å². The van der Waals surface area contributed by atoms with E-state index in [9.17, 15) is 0 Å². The highest BCUT2D eigenvalue weighted by Crippen LogP contribution is 2.55. The summed E-state index contributed by atoms with van der Waals surface area (Å²) in [5, 5.41) is 21.4. The van der Waals surface area contributed by atoms with E-state index in [1.165, 1.54) is 12.7 Å². The molecule has 11 aromatic rings. The van der Waals surface area contributed by atoms with Gasteiger partial charge in [-0.05, 0) is 76.8 Å². The van der Waals surface area contributed by atoms with E-state index >= 15 is 0 Å². The van der Waals surface area contributed by atoms with Gasteiger partial charge in [-0.1, -0.05) is 18.2 Å². The van der Waals surface area contributed by atoms with E-state index in [4.69, 9.17) is 9.25 Å². The second-order valence-corrected chi connectivity index (χ2v) is 13.2. The van der Waals surface area contributed by atoms with E-state index < -0.39 is 5.54 Å². The number of anilines is 1. The summed E-state index contributed by atoms with van der Waals surface area (Å²) in [6, 6.07) is 27.0. The quantitative estimate of drug-likeness (QED) is 0.0965. The van der Waals surface area contributed by atoms with Crippen molar-refractivity contribution in [1.29, 1.82) is 0 Å². The first-order valence-corrected chi connectivity index (χ1v) is 19.9. The smallest absolute Gasteiger partial charge is 0.229 e. The van der Waals surface area contributed by atoms with Crippen LogP contribution < -0.4 is 5.06 Å². The van der Waals surface area contributed by atoms with Gasteiger partial charge in [0.15, 0.2) is 12.2 Å². The Bertz CT molecular complexity index is 2160. The molecule has 16 nitrogen and oxygen atoms in total. The van der Waals surface area contributed by atoms with Gasteiger partial charge in [0.25, 0.3) is 0 Å². The second kappa shape index (κ2) is 23.9. The molecule has 1 unspecified atom stereocenters. The maximum Gasteiger partial charge on any atom is 0.229 e. The Morgan fingerprint density at radius 2 is 1.52 bits per heavy atom. The lowest BCUT2D eigenvalue weighted by Gasteiger charge is -2.35. The molecule has 0 saturated heterocycles. The van der Waals surface area contributed by atoms with Gasteiger partial charge in [-0.25, -0.2) is 15.0 Å². The molecular formula is C42H40N12O4S2. The molecule has 0 aliphatic carbocycles. The van der Waals surface area contributed by atoms with E-state index in [2.05, 4.69) is 64.1 Å². The van der Waals surface area contributed by atoms with Crippen LogP contribution in [0.2, 0.25) is 0 Å². The van der Waals surface area contributed by atoms with Crippen LogP contribution >= 0.6 is 22.7 Å². The summed E-state index contributed by atoms with van der Waals surface area (Å²) < 4.78 is 14.9. The van der Waals surface area contributed by atoms with Crippen molar-refractivity contribution in [3.63, 3.8) is 0 Å². The predicted molar refractivity (Wildman–Crippen MR) is 230 cm³/mol. The molecule has 1 aliphatic heterocycles. The fourth-order valence-corrected chi connectivity index (χ4v) is 6.46. The van der Waals surface area contributed by atoms with Crippen molar-refractivity contribution in [3.05, 3.63) is 229 Å². The monoisotopic (exact) mass is 840 g/mol. The van der Waals surface area contributed by atoms with Crippen LogP contribution in [-0.2, 0) is 10.4 Å². The van der Waals surface area contributed by atoms with Crippen LogP contribution in [0.4, 0.5) is 5.88 Å². The molecule has 12 heterocycles. The summed E-state index contributed by atoms with van der Waals surface area (Å²) in [6.07, 6.45) is 28.8. The van der Waals surface area contributed by atoms with E-state index in [1.54, 1.807) is 102 Å². The average Bonchev–Trinajstić information content (AvgIpc) is 4.16. The molecule has 0 aromatic carbocycles. The molecule has 1 aliphatic rings. The minimum absolute atomic E-state index is 0.546. The largest absolute Gasteiger partial charge is 0.473 e. The Kier molecular flexibility index (Phi) is 16.5. The molecule has 304 valence electrons. The van der Waals surface area contributed by atoms with Gasteiger partial charge in [0.1, 0.15) is 12.1 Å². The highest BCUT2D eigenvalue weighted by atomic mass is 32.1. The zero-order valence-corrected chi connectivity index (χ0v) is 33.4. The fourth-order valence-electron chi connectivity index (χ4n) is 5.30. The lowest BCUT2D eigenvalue weighted by molar-refractivity contribution is 0.196. The van der Waals surface area contributed by atoms with Gasteiger partial charge in [0.2, 0.25) is 11.4 Å². The number of aromatic amines is 6. The first-order chi connectivity index (χ1) is 29.9. The Balaban J connectivity index is 0.000000159. The SMILES string of the molecule is c1c[nH]c(C2(c3ncc[nH]3)C(c3ccn[nH]3)=C(c3cccs3)ON2c2ccco2)c1.c1c[nH]cn1.c1cc[nH]c1.c1ccoc1.c1ccsc1.c1cn[nH]c1.c1cocn1. The second-order valence-electron chi connectivity index (χ2n) is 11.4. The summed E-state index contributed by atoms with van der Waals surface area (Å²) in [5.41, 5.74) is 1.58. The summed E-state index contributed by atoms with van der Waals surface area (Å²) in [5.74, 6) is 1.93. The highest BCUT2D eigenvalue weighted by molar-refractivity contribution is 7.11. The van der Waals surface area contributed by atoms with Crippen LogP contribution in [-0.4, -0.2) is 55.3 Å². The third-order valence-electron chi connectivity index (χ3n) is 7.63. The summed E-state index contributed by atoms with van der Waals surface area (Å²) in [6.45, 7) is 0. The molecule has 0 saturated carbocycles. The zero-order chi connectivity index (χ0) is 41.2. The molecule has 1 atom stereocenters. The van der Waals surface area contributed by atoms with Crippen LogP contribution in [0, 0.1) is 0 Å². The molecule has 11 aromatic heterocycles. The lowest BCUT2D eigenvalue weighted by Crippen LogP contribution is -2.45. The van der Waals surface area contributed by atoms with E-state index in [0.29, 0.717) is 17.5 Å². The molecule has 0 bridgehead atoms. The number of H-pyrrole nitrogens is 6. The third-order valence-corrected chi connectivity index (χ3v) is 9.13. The third kappa shape index (κ3) is 11.7. The first kappa shape index (κ1) is 41.5. The Hall–Kier alpha value is -8.09. The molecule has 6 N–H and O–H groups in total. The fraction of sp³-hybridized carbons (Fsp3) is 0.0238. The van der Waals surface area contributed by atoms with Gasteiger partial charge in [-0.2, -0.15) is 26.6 Å². The number of nitrogens with one attached hydrogen (secondary N) is 6. The first-order valence-electron chi connectivity index (χ1n) is 18.0. The number of rotatable bonds is 5. The van der Waals surface area contributed by atoms with Crippen LogP contribution in [0.5, 0.6) is 0 Å². The molecule has 12 rings (SSSR count). The molecule has 0 fully saturated rings. The molecule has 60 heavy (non-hydrogen) atoms. The predicted octanol–water partition coefficient (Wildman–Crippen LogP) is 9.92. The number of nitrogens with zero attached hydrogens (tertiary/aromatic N) is 6. The number of imidazole rings is 2. The van der Waals surface area contributed by atoms with Crippen LogP contribution in [0.3, 0.4) is 0 Å². The molecule has 0 spiro atoms. The van der Waals surface area contributed by atoms with Gasteiger partial charge in [0.05, 0.1) is 53.2 Å². The van der Waals surface area contributed by atoms with Crippen molar-refractivity contribution in [2.24, 2.45) is 0 Å². The van der Waals surface area contributed by atoms with Gasteiger partial charge in [-0.15, -0.1) is 11.3 Å². The maximum absolute atomic E-state index is 6.55. The average molecular weight is 841 g/mol. The maximum atomic E-state index is 6.55. The standard InChI is InChI=1S/C21H16N6O2S.C4H5N.C4H4O.C4H4S.2C3H4N2.C3H3NO/c1-5-16(22-8-1)21(20-23-10-11-24-20)18(14-7-9-25-26-14)19(15-4-3-13-30-15)29-27(21)17-6-2-12-28-17;3*1-2-4-5-3-1;1-2-5-3-4-1;1-2-4-5-3-1;1-2-5-3-4-1/h1-13,22H,(H,23,24)(H,25,26);1-5H;2*1-4H;2*1-3H,(H,4,5);1-3H. The van der Waals surface area contributed by atoms with Crippen LogP contribution in [0.1, 0.15) is 22.1 Å². The van der Waals surface area contributed by atoms with Crippen molar-refractivity contribution in [3.8, 4) is 0 Å². The Morgan fingerprint density at radius 3 is 1.95 bits per heavy atom. The minimum Gasteiger partial charge on any atom is -0.473 e. The van der Waals surface area contributed by atoms with Crippen molar-refractivity contribution >= 4 is 39.9 Å². The number of hydrogen-bond acceptors (Lipinski definition) is 12. The molecule has 0 radical (unpaired) electrons. The minimum atomic E-state index is -0.975. The normalized spacial score (nSPS) is 13.4. The number of thiophene rings is 2. The number of hydroxylamine groups is 1. The van der Waals surface area contributed by atoms with Crippen molar-refractivity contribution in [2.45, 2.75) is 5.54 Å². The summed E-state index contributed by atoms with van der Waals surface area (Å²) in [7, 11) is 0. The number of oxazole rings is 1. The number of hydrogen-bond donors (Lipinski definition) is 6. The summed E-state index contributed by atoms with van der Waals surface area (Å²) >= 11 is 3.31. The van der Waals surface area contributed by atoms with E-state index in [-0.39, 0.29) is 0 Å². The Labute approximate surface area is 351 Å². The number of furan rings is 2. The lowest BCUT2D eigenvalue weighted by atomic mass is 9.82.